The number of benzene rings is 1. The van der Waals surface area contributed by atoms with Gasteiger partial charge >= 0.3 is 0 Å². The molecule has 0 atom stereocenters. The third kappa shape index (κ3) is 2.06. The third-order valence-corrected chi connectivity index (χ3v) is 2.74. The smallest absolute Gasteiger partial charge is 0.167 e. The van der Waals surface area contributed by atoms with Gasteiger partial charge in [0.1, 0.15) is 5.75 Å². The van der Waals surface area contributed by atoms with Crippen molar-refractivity contribution >= 4 is 6.29 Å². The van der Waals surface area contributed by atoms with E-state index >= 15 is 0 Å². The fraction of sp³-hybridized carbons (Fsp3) is 0.231. The molecule has 0 aliphatic carbocycles. The van der Waals surface area contributed by atoms with Gasteiger partial charge in [0.25, 0.3) is 0 Å². The summed E-state index contributed by atoms with van der Waals surface area (Å²) in [4.78, 5) is 10.6. The summed E-state index contributed by atoms with van der Waals surface area (Å²) in [6.07, 6.45) is 0.752. The number of hydrogen-bond acceptors (Lipinski definition) is 3. The molecule has 4 nitrogen and oxygen atoms in total. The molecule has 0 spiro atoms. The van der Waals surface area contributed by atoms with E-state index in [-0.39, 0.29) is 0 Å². The molecule has 88 valence electrons. The van der Waals surface area contributed by atoms with Crippen molar-refractivity contribution in [1.29, 1.82) is 0 Å². The van der Waals surface area contributed by atoms with Crippen LogP contribution >= 0.6 is 0 Å². The Kier molecular flexibility index (Phi) is 2.95. The van der Waals surface area contributed by atoms with Crippen LogP contribution in [0.15, 0.2) is 18.2 Å². The van der Waals surface area contributed by atoms with E-state index in [1.165, 1.54) is 0 Å². The van der Waals surface area contributed by atoms with Gasteiger partial charge in [0.05, 0.1) is 18.5 Å². The minimum absolute atomic E-state index is 0.480. The first-order chi connectivity index (χ1) is 8.15. The van der Waals surface area contributed by atoms with Crippen molar-refractivity contribution in [2.75, 3.05) is 7.11 Å². The molecule has 4 heteroatoms. The predicted molar refractivity (Wildman–Crippen MR) is 65.4 cm³/mol. The number of nitrogens with one attached hydrogen (secondary N) is 1. The van der Waals surface area contributed by atoms with Crippen molar-refractivity contribution in [3.63, 3.8) is 0 Å². The Balaban J connectivity index is 2.52. The van der Waals surface area contributed by atoms with Crippen LogP contribution in [0.4, 0.5) is 0 Å². The quantitative estimate of drug-likeness (QED) is 0.824. The number of nitrogens with zero attached hydrogens (tertiary/aromatic N) is 1. The summed E-state index contributed by atoms with van der Waals surface area (Å²) < 4.78 is 5.26. The average Bonchev–Trinajstić information content (AvgIpc) is 2.80. The van der Waals surface area contributed by atoms with Crippen LogP contribution in [0.1, 0.15) is 21.6 Å². The Morgan fingerprint density at radius 2 is 2.00 bits per heavy atom. The first kappa shape index (κ1) is 11.4. The number of carbonyl (C=O) groups is 1. The highest BCUT2D eigenvalue weighted by Crippen LogP contribution is 2.28. The molecule has 0 saturated heterocycles. The average molecular weight is 230 g/mol. The van der Waals surface area contributed by atoms with Crippen LogP contribution in [0.5, 0.6) is 5.75 Å². The number of aromatic amines is 1. The Labute approximate surface area is 99.6 Å². The van der Waals surface area contributed by atoms with Gasteiger partial charge < -0.3 is 4.74 Å². The third-order valence-electron chi connectivity index (χ3n) is 2.74. The van der Waals surface area contributed by atoms with Crippen molar-refractivity contribution in [3.05, 3.63) is 35.0 Å². The summed E-state index contributed by atoms with van der Waals surface area (Å²) in [5, 5.41) is 6.80. The molecule has 2 rings (SSSR count). The molecule has 0 bridgehead atoms. The second-order valence-electron chi connectivity index (χ2n) is 3.96. The molecule has 0 aliphatic rings. The summed E-state index contributed by atoms with van der Waals surface area (Å²) in [6.45, 7) is 3.97. The number of rotatable bonds is 3. The van der Waals surface area contributed by atoms with E-state index in [2.05, 4.69) is 10.2 Å². The van der Waals surface area contributed by atoms with Gasteiger partial charge in [0, 0.05) is 5.56 Å². The van der Waals surface area contributed by atoms with Crippen molar-refractivity contribution < 1.29 is 9.53 Å². The molecule has 17 heavy (non-hydrogen) atoms. The van der Waals surface area contributed by atoms with Crippen molar-refractivity contribution in [2.24, 2.45) is 0 Å². The van der Waals surface area contributed by atoms with Crippen molar-refractivity contribution in [3.8, 4) is 17.0 Å². The zero-order valence-corrected chi connectivity index (χ0v) is 10.1. The van der Waals surface area contributed by atoms with Gasteiger partial charge in [-0.05, 0) is 43.2 Å². The van der Waals surface area contributed by atoms with E-state index in [0.717, 1.165) is 34.4 Å². The van der Waals surface area contributed by atoms with Crippen LogP contribution in [-0.4, -0.2) is 23.6 Å². The van der Waals surface area contributed by atoms with Crippen molar-refractivity contribution in [2.45, 2.75) is 13.8 Å². The number of carbonyl (C=O) groups excluding carboxylic acids is 1. The lowest BCUT2D eigenvalue weighted by atomic mass is 10.0. The number of aryl methyl sites for hydroxylation is 2. The second-order valence-corrected chi connectivity index (χ2v) is 3.96. The first-order valence-electron chi connectivity index (χ1n) is 5.32. The highest BCUT2D eigenvalue weighted by molar-refractivity contribution is 5.76. The molecule has 1 aromatic heterocycles. The lowest BCUT2D eigenvalue weighted by Gasteiger charge is -2.09. The van der Waals surface area contributed by atoms with Crippen LogP contribution in [0.25, 0.3) is 11.3 Å². The molecular weight excluding hydrogens is 216 g/mol. The maximum absolute atomic E-state index is 10.6. The maximum atomic E-state index is 10.6. The molecule has 0 saturated carbocycles. The number of hydrogen-bond donors (Lipinski definition) is 1. The van der Waals surface area contributed by atoms with Gasteiger partial charge in [-0.15, -0.1) is 0 Å². The summed E-state index contributed by atoms with van der Waals surface area (Å²) in [6, 6.07) is 5.72. The molecule has 0 radical (unpaired) electrons. The summed E-state index contributed by atoms with van der Waals surface area (Å²) in [5.41, 5.74) is 4.37. The van der Waals surface area contributed by atoms with Crippen LogP contribution in [0, 0.1) is 13.8 Å². The van der Waals surface area contributed by atoms with Gasteiger partial charge in [-0.2, -0.15) is 5.10 Å². The minimum Gasteiger partial charge on any atom is -0.496 e. The highest BCUT2D eigenvalue weighted by Gasteiger charge is 2.09. The molecule has 2 aromatic rings. The van der Waals surface area contributed by atoms with Crippen LogP contribution in [0.2, 0.25) is 0 Å². The number of ether oxygens (including phenoxy) is 1. The molecule has 0 aliphatic heterocycles. The van der Waals surface area contributed by atoms with Crippen LogP contribution in [0.3, 0.4) is 0 Å². The molecule has 0 unspecified atom stereocenters. The van der Waals surface area contributed by atoms with Gasteiger partial charge in [-0.1, -0.05) is 0 Å². The van der Waals surface area contributed by atoms with E-state index in [4.69, 9.17) is 4.74 Å². The van der Waals surface area contributed by atoms with Gasteiger partial charge in [0.2, 0.25) is 0 Å². The normalized spacial score (nSPS) is 10.3. The lowest BCUT2D eigenvalue weighted by molar-refractivity contribution is 0.111. The van der Waals surface area contributed by atoms with Gasteiger partial charge in [-0.3, -0.25) is 9.89 Å². The monoisotopic (exact) mass is 230 g/mol. The number of aromatic nitrogens is 2. The zero-order valence-electron chi connectivity index (χ0n) is 10.1. The molecule has 0 fully saturated rings. The van der Waals surface area contributed by atoms with Gasteiger partial charge in [0.15, 0.2) is 6.29 Å². The Morgan fingerprint density at radius 1 is 1.24 bits per heavy atom. The zero-order chi connectivity index (χ0) is 12.4. The van der Waals surface area contributed by atoms with E-state index in [9.17, 15) is 4.79 Å². The molecule has 1 aromatic carbocycles. The molecule has 1 heterocycles. The molecular formula is C13H14N2O2. The van der Waals surface area contributed by atoms with E-state index in [1.807, 2.05) is 26.0 Å². The number of methoxy groups -OCH3 is 1. The van der Waals surface area contributed by atoms with Gasteiger partial charge in [-0.25, -0.2) is 0 Å². The van der Waals surface area contributed by atoms with E-state index < -0.39 is 0 Å². The fourth-order valence-electron chi connectivity index (χ4n) is 1.82. The van der Waals surface area contributed by atoms with Crippen LogP contribution < -0.4 is 4.74 Å². The Morgan fingerprint density at radius 3 is 2.59 bits per heavy atom. The summed E-state index contributed by atoms with van der Waals surface area (Å²) in [7, 11) is 1.65. The Hall–Kier alpha value is -2.10. The molecule has 0 amide bonds. The minimum atomic E-state index is 0.480. The number of H-pyrrole nitrogens is 1. The topological polar surface area (TPSA) is 55.0 Å². The number of aldehydes is 1. The van der Waals surface area contributed by atoms with E-state index in [0.29, 0.717) is 5.69 Å². The lowest BCUT2D eigenvalue weighted by Crippen LogP contribution is -1.91. The van der Waals surface area contributed by atoms with Crippen molar-refractivity contribution in [1.82, 2.24) is 10.2 Å². The largest absolute Gasteiger partial charge is 0.496 e. The second kappa shape index (κ2) is 4.41. The first-order valence-corrected chi connectivity index (χ1v) is 5.32. The van der Waals surface area contributed by atoms with Crippen LogP contribution in [-0.2, 0) is 0 Å². The summed E-state index contributed by atoms with van der Waals surface area (Å²) >= 11 is 0. The summed E-state index contributed by atoms with van der Waals surface area (Å²) in [5.74, 6) is 0.859. The molecule has 1 N–H and O–H groups in total. The fourth-order valence-corrected chi connectivity index (χ4v) is 1.82. The maximum Gasteiger partial charge on any atom is 0.167 e. The standard InChI is InChI=1S/C13H14N2O2/c1-8-5-13(17-3)9(2)4-11(8)12-6-10(7-16)14-15-12/h4-7H,1-3H3,(H,14,15). The highest BCUT2D eigenvalue weighted by atomic mass is 16.5. The predicted octanol–water partition coefficient (Wildman–Crippen LogP) is 2.51. The Bertz CT molecular complexity index is 559. The SMILES string of the molecule is COc1cc(C)c(-c2cc(C=O)[nH]n2)cc1C. The van der Waals surface area contributed by atoms with E-state index in [1.54, 1.807) is 13.2 Å².